The number of benzene rings is 1. The van der Waals surface area contributed by atoms with Crippen LogP contribution >= 0.6 is 0 Å². The molecule has 1 heterocycles. The Hall–Kier alpha value is -1.02. The van der Waals surface area contributed by atoms with Crippen molar-refractivity contribution >= 4 is 0 Å². The van der Waals surface area contributed by atoms with E-state index in [2.05, 4.69) is 39.8 Å². The van der Waals surface area contributed by atoms with Crippen molar-refractivity contribution in [3.8, 4) is 5.75 Å². The second kappa shape index (κ2) is 4.34. The highest BCUT2D eigenvalue weighted by atomic mass is 16.5. The van der Waals surface area contributed by atoms with Gasteiger partial charge in [-0.15, -0.1) is 0 Å². The summed E-state index contributed by atoms with van der Waals surface area (Å²) in [5, 5.41) is 0. The zero-order valence-electron chi connectivity index (χ0n) is 11.3. The molecule has 2 nitrogen and oxygen atoms in total. The van der Waals surface area contributed by atoms with Crippen LogP contribution in [0.25, 0.3) is 0 Å². The molecule has 0 aromatic heterocycles. The fraction of sp³-hybridized carbons (Fsp3) is 0.600. The van der Waals surface area contributed by atoms with Crippen LogP contribution in [0.1, 0.15) is 55.8 Å². The molecule has 17 heavy (non-hydrogen) atoms. The molecule has 0 saturated heterocycles. The smallest absolute Gasteiger partial charge is 0.125 e. The van der Waals surface area contributed by atoms with Crippen LogP contribution in [0.2, 0.25) is 0 Å². The lowest BCUT2D eigenvalue weighted by Gasteiger charge is -2.40. The Morgan fingerprint density at radius 3 is 2.41 bits per heavy atom. The Balaban J connectivity index is 2.46. The average molecular weight is 233 g/mol. The van der Waals surface area contributed by atoms with E-state index < -0.39 is 0 Å². The van der Waals surface area contributed by atoms with Gasteiger partial charge in [0.25, 0.3) is 0 Å². The summed E-state index contributed by atoms with van der Waals surface area (Å²) in [6, 6.07) is 4.44. The highest BCUT2D eigenvalue weighted by molar-refractivity contribution is 5.45. The van der Waals surface area contributed by atoms with Crippen LogP contribution in [0.3, 0.4) is 0 Å². The molecule has 94 valence electrons. The maximum Gasteiger partial charge on any atom is 0.125 e. The summed E-state index contributed by atoms with van der Waals surface area (Å²) < 4.78 is 6.24. The lowest BCUT2D eigenvalue weighted by molar-refractivity contribution is 0.0281. The minimum Gasteiger partial charge on any atom is -0.487 e. The minimum absolute atomic E-state index is 0.0614. The molecule has 0 amide bonds. The molecular weight excluding hydrogens is 210 g/mol. The summed E-state index contributed by atoms with van der Waals surface area (Å²) in [7, 11) is 0. The molecule has 0 bridgehead atoms. The third-order valence-corrected chi connectivity index (χ3v) is 4.23. The number of hydrogen-bond donors (Lipinski definition) is 1. The Labute approximate surface area is 104 Å². The zero-order valence-corrected chi connectivity index (χ0v) is 11.3. The first-order valence-corrected chi connectivity index (χ1v) is 6.57. The van der Waals surface area contributed by atoms with Gasteiger partial charge in [-0.2, -0.15) is 0 Å². The van der Waals surface area contributed by atoms with E-state index in [1.165, 1.54) is 16.7 Å². The Morgan fingerprint density at radius 2 is 1.82 bits per heavy atom. The van der Waals surface area contributed by atoms with E-state index in [-0.39, 0.29) is 11.6 Å². The van der Waals surface area contributed by atoms with Crippen LogP contribution in [0.15, 0.2) is 12.1 Å². The molecule has 0 spiro atoms. The molecule has 0 radical (unpaired) electrons. The van der Waals surface area contributed by atoms with Gasteiger partial charge < -0.3 is 10.5 Å². The van der Waals surface area contributed by atoms with Gasteiger partial charge >= 0.3 is 0 Å². The van der Waals surface area contributed by atoms with Crippen molar-refractivity contribution in [2.45, 2.75) is 58.6 Å². The first-order chi connectivity index (χ1) is 8.01. The Bertz CT molecular complexity index is 421. The summed E-state index contributed by atoms with van der Waals surface area (Å²) >= 11 is 0. The number of rotatable bonds is 2. The van der Waals surface area contributed by atoms with Crippen LogP contribution in [0.4, 0.5) is 0 Å². The fourth-order valence-corrected chi connectivity index (χ4v) is 2.66. The van der Waals surface area contributed by atoms with Crippen LogP contribution in [0.5, 0.6) is 5.75 Å². The van der Waals surface area contributed by atoms with Crippen LogP contribution in [-0.4, -0.2) is 5.60 Å². The lowest BCUT2D eigenvalue weighted by atomic mass is 9.83. The molecular formula is C15H23NO. The maximum atomic E-state index is 6.31. The minimum atomic E-state index is -0.0614. The van der Waals surface area contributed by atoms with Crippen molar-refractivity contribution in [1.82, 2.24) is 0 Å². The predicted molar refractivity (Wildman–Crippen MR) is 71.4 cm³/mol. The first-order valence-electron chi connectivity index (χ1n) is 6.57. The Kier molecular flexibility index (Phi) is 3.17. The highest BCUT2D eigenvalue weighted by Gasteiger charge is 2.37. The summed E-state index contributed by atoms with van der Waals surface area (Å²) in [6.45, 7) is 8.62. The van der Waals surface area contributed by atoms with E-state index in [1.54, 1.807) is 0 Å². The molecule has 1 aromatic carbocycles. The van der Waals surface area contributed by atoms with Gasteiger partial charge in [-0.25, -0.2) is 0 Å². The predicted octanol–water partition coefficient (Wildman–Crippen LogP) is 3.64. The second-order valence-electron chi connectivity index (χ2n) is 5.28. The molecule has 1 aliphatic heterocycles. The van der Waals surface area contributed by atoms with Crippen molar-refractivity contribution in [3.05, 3.63) is 28.8 Å². The standard InChI is InChI=1S/C15H23NO/c1-5-15(6-2)9-13(16)12-7-10(3)11(4)8-14(12)17-15/h7-8,13H,5-6,9,16H2,1-4H3. The fourth-order valence-electron chi connectivity index (χ4n) is 2.66. The molecule has 1 unspecified atom stereocenters. The molecule has 0 fully saturated rings. The van der Waals surface area contributed by atoms with E-state index in [9.17, 15) is 0 Å². The number of fused-ring (bicyclic) bond motifs is 1. The molecule has 2 heteroatoms. The van der Waals surface area contributed by atoms with Gasteiger partial charge in [0.05, 0.1) is 0 Å². The number of nitrogens with two attached hydrogens (primary N) is 1. The van der Waals surface area contributed by atoms with Gasteiger partial charge in [-0.1, -0.05) is 19.9 Å². The number of aryl methyl sites for hydroxylation is 2. The van der Waals surface area contributed by atoms with Gasteiger partial charge in [0.1, 0.15) is 11.4 Å². The molecule has 2 rings (SSSR count). The van der Waals surface area contributed by atoms with Crippen LogP contribution in [0, 0.1) is 13.8 Å². The number of hydrogen-bond acceptors (Lipinski definition) is 2. The van der Waals surface area contributed by atoms with Gasteiger partial charge in [0.2, 0.25) is 0 Å². The second-order valence-corrected chi connectivity index (χ2v) is 5.28. The van der Waals surface area contributed by atoms with Crippen molar-refractivity contribution < 1.29 is 4.74 Å². The average Bonchev–Trinajstić information content (AvgIpc) is 2.31. The van der Waals surface area contributed by atoms with E-state index >= 15 is 0 Å². The Morgan fingerprint density at radius 1 is 1.24 bits per heavy atom. The van der Waals surface area contributed by atoms with Gasteiger partial charge in [-0.3, -0.25) is 0 Å². The van der Waals surface area contributed by atoms with Crippen molar-refractivity contribution in [1.29, 1.82) is 0 Å². The summed E-state index contributed by atoms with van der Waals surface area (Å²) in [6.07, 6.45) is 2.96. The lowest BCUT2D eigenvalue weighted by Crippen LogP contribution is -2.42. The maximum absolute atomic E-state index is 6.31. The number of ether oxygens (including phenoxy) is 1. The third-order valence-electron chi connectivity index (χ3n) is 4.23. The molecule has 1 aliphatic rings. The molecule has 1 atom stereocenters. The van der Waals surface area contributed by atoms with E-state index in [4.69, 9.17) is 10.5 Å². The van der Waals surface area contributed by atoms with Gasteiger partial charge in [-0.05, 0) is 43.9 Å². The highest BCUT2D eigenvalue weighted by Crippen LogP contribution is 2.42. The molecule has 1 aromatic rings. The monoisotopic (exact) mass is 233 g/mol. The summed E-state index contributed by atoms with van der Waals surface area (Å²) in [4.78, 5) is 0. The van der Waals surface area contributed by atoms with Crippen LogP contribution in [-0.2, 0) is 0 Å². The normalized spacial score (nSPS) is 21.8. The van der Waals surface area contributed by atoms with Crippen molar-refractivity contribution in [3.63, 3.8) is 0 Å². The molecule has 0 saturated carbocycles. The van der Waals surface area contributed by atoms with Gasteiger partial charge in [0, 0.05) is 18.0 Å². The molecule has 2 N–H and O–H groups in total. The van der Waals surface area contributed by atoms with Crippen molar-refractivity contribution in [2.75, 3.05) is 0 Å². The summed E-state index contributed by atoms with van der Waals surface area (Å²) in [5.41, 5.74) is 9.99. The topological polar surface area (TPSA) is 35.2 Å². The summed E-state index contributed by atoms with van der Waals surface area (Å²) in [5.74, 6) is 0.996. The van der Waals surface area contributed by atoms with Crippen LogP contribution < -0.4 is 10.5 Å². The van der Waals surface area contributed by atoms with E-state index in [0.717, 1.165) is 25.0 Å². The van der Waals surface area contributed by atoms with E-state index in [0.29, 0.717) is 0 Å². The third kappa shape index (κ3) is 2.06. The quantitative estimate of drug-likeness (QED) is 0.846. The zero-order chi connectivity index (χ0) is 12.6. The van der Waals surface area contributed by atoms with Crippen molar-refractivity contribution in [2.24, 2.45) is 5.73 Å². The largest absolute Gasteiger partial charge is 0.487 e. The first kappa shape index (κ1) is 12.4. The molecule has 0 aliphatic carbocycles. The van der Waals surface area contributed by atoms with E-state index in [1.807, 2.05) is 0 Å². The SMILES string of the molecule is CCC1(CC)CC(N)c2cc(C)c(C)cc2O1. The van der Waals surface area contributed by atoms with Gasteiger partial charge in [0.15, 0.2) is 0 Å².